The van der Waals surface area contributed by atoms with E-state index in [1.807, 2.05) is 0 Å². The summed E-state index contributed by atoms with van der Waals surface area (Å²) in [5.74, 6) is 0.913. The minimum Gasteiger partial charge on any atom is -0.462 e. The topological polar surface area (TPSA) is 237 Å². The molecule has 0 saturated heterocycles. The molecule has 0 heterocycles. The number of phosphoric acid groups is 2. The highest BCUT2D eigenvalue weighted by molar-refractivity contribution is 7.47. The molecule has 0 radical (unpaired) electrons. The quantitative estimate of drug-likeness (QED) is 0.0222. The molecule has 0 fully saturated rings. The van der Waals surface area contributed by atoms with Crippen LogP contribution < -0.4 is 0 Å². The minimum atomic E-state index is -4.95. The number of hydrogen-bond acceptors (Lipinski definition) is 15. The van der Waals surface area contributed by atoms with Crippen molar-refractivity contribution in [1.29, 1.82) is 0 Å². The molecule has 17 nitrogen and oxygen atoms in total. The number of aliphatic hydroxyl groups is 1. The van der Waals surface area contributed by atoms with E-state index in [1.165, 1.54) is 154 Å². The largest absolute Gasteiger partial charge is 0.472 e. The van der Waals surface area contributed by atoms with Crippen LogP contribution in [-0.2, 0) is 65.4 Å². The second kappa shape index (κ2) is 61.6. The Labute approximate surface area is 556 Å². The first-order chi connectivity index (χ1) is 43.7. The second-order valence-electron chi connectivity index (χ2n) is 27.4. The molecule has 19 heteroatoms. The third-order valence-corrected chi connectivity index (χ3v) is 19.2. The Hall–Kier alpha value is -1.94. The summed E-state index contributed by atoms with van der Waals surface area (Å²) in [4.78, 5) is 72.6. The van der Waals surface area contributed by atoms with Gasteiger partial charge in [-0.15, -0.1) is 0 Å². The summed E-state index contributed by atoms with van der Waals surface area (Å²) in [6, 6.07) is 0. The van der Waals surface area contributed by atoms with Crippen LogP contribution >= 0.6 is 15.6 Å². The van der Waals surface area contributed by atoms with Crippen molar-refractivity contribution < 1.29 is 80.2 Å². The van der Waals surface area contributed by atoms with Crippen LogP contribution in [0.15, 0.2) is 0 Å². The summed E-state index contributed by atoms with van der Waals surface area (Å²) in [6.45, 7) is 14.1. The Kier molecular flexibility index (Phi) is 60.3. The Morgan fingerprint density at radius 2 is 0.527 bits per heavy atom. The van der Waals surface area contributed by atoms with Gasteiger partial charge in [-0.05, 0) is 49.4 Å². The van der Waals surface area contributed by atoms with E-state index in [0.29, 0.717) is 31.6 Å². The standard InChI is InChI=1S/C72H140O17P2/c1-9-64(7)50-42-34-26-17-15-13-11-12-14-16-18-28-36-44-52-69(74)82-58-67(88-71(76)54-46-38-29-21-19-24-32-40-48-62(3)4)60-86-90(78,79)84-56-66(73)57-85-91(80,81)87-61-68(59-83-70(75)53-45-37-31-23-25-33-41-49-63(5)6)89-72(77)55-47-39-30-22-20-27-35-43-51-65(8)10-2/h62-68,73H,9-61H2,1-8H3,(H,78,79)(H,80,81)/t64?,65?,66?,67-,68-/m1/s1. The fourth-order valence-corrected chi connectivity index (χ4v) is 12.4. The van der Waals surface area contributed by atoms with Crippen molar-refractivity contribution in [2.24, 2.45) is 23.7 Å². The number of hydrogen-bond donors (Lipinski definition) is 3. The zero-order chi connectivity index (χ0) is 67.5. The van der Waals surface area contributed by atoms with E-state index in [9.17, 15) is 43.2 Å². The van der Waals surface area contributed by atoms with Gasteiger partial charge in [0.2, 0.25) is 0 Å². The predicted octanol–water partition coefficient (Wildman–Crippen LogP) is 20.5. The van der Waals surface area contributed by atoms with Gasteiger partial charge in [0.25, 0.3) is 0 Å². The molecule has 0 aliphatic rings. The maximum absolute atomic E-state index is 13.0. The lowest BCUT2D eigenvalue weighted by Gasteiger charge is -2.21. The van der Waals surface area contributed by atoms with Crippen molar-refractivity contribution in [1.82, 2.24) is 0 Å². The average Bonchev–Trinajstić information content (AvgIpc) is 3.70. The molecule has 540 valence electrons. The molecule has 0 aliphatic carbocycles. The molecular formula is C72H140O17P2. The lowest BCUT2D eigenvalue weighted by atomic mass is 9.99. The molecule has 0 spiro atoms. The van der Waals surface area contributed by atoms with E-state index < -0.39 is 97.5 Å². The highest BCUT2D eigenvalue weighted by Crippen LogP contribution is 2.45. The maximum atomic E-state index is 13.0. The monoisotopic (exact) mass is 1340 g/mol. The van der Waals surface area contributed by atoms with E-state index in [2.05, 4.69) is 55.4 Å². The highest BCUT2D eigenvalue weighted by atomic mass is 31.2. The zero-order valence-corrected chi connectivity index (χ0v) is 61.3. The first-order valence-corrected chi connectivity index (χ1v) is 40.3. The molecule has 0 aromatic carbocycles. The van der Waals surface area contributed by atoms with Crippen molar-refractivity contribution in [2.75, 3.05) is 39.6 Å². The van der Waals surface area contributed by atoms with Gasteiger partial charge in [-0.1, -0.05) is 306 Å². The molecule has 0 aliphatic heterocycles. The number of esters is 4. The molecule has 0 aromatic heterocycles. The van der Waals surface area contributed by atoms with Crippen LogP contribution in [-0.4, -0.2) is 96.7 Å². The molecule has 3 N–H and O–H groups in total. The number of rotatable bonds is 69. The third kappa shape index (κ3) is 63.9. The Morgan fingerprint density at radius 1 is 0.308 bits per heavy atom. The smallest absolute Gasteiger partial charge is 0.462 e. The van der Waals surface area contributed by atoms with E-state index >= 15 is 0 Å². The van der Waals surface area contributed by atoms with E-state index in [0.717, 1.165) is 114 Å². The van der Waals surface area contributed by atoms with Crippen LogP contribution in [0.4, 0.5) is 0 Å². The second-order valence-corrected chi connectivity index (χ2v) is 30.3. The lowest BCUT2D eigenvalue weighted by molar-refractivity contribution is -0.161. The Balaban J connectivity index is 5.21. The van der Waals surface area contributed by atoms with E-state index in [1.54, 1.807) is 0 Å². The Bertz CT molecular complexity index is 1800. The molecule has 0 saturated carbocycles. The summed E-state index contributed by atoms with van der Waals surface area (Å²) >= 11 is 0. The average molecular weight is 1340 g/mol. The van der Waals surface area contributed by atoms with Crippen molar-refractivity contribution >= 4 is 39.5 Å². The first kappa shape index (κ1) is 89.1. The number of carbonyl (C=O) groups is 4. The van der Waals surface area contributed by atoms with Gasteiger partial charge >= 0.3 is 39.5 Å². The molecule has 91 heavy (non-hydrogen) atoms. The number of unbranched alkanes of at least 4 members (excludes halogenated alkanes) is 33. The van der Waals surface area contributed by atoms with Crippen LogP contribution in [0, 0.1) is 23.7 Å². The van der Waals surface area contributed by atoms with Gasteiger partial charge in [0.05, 0.1) is 26.4 Å². The summed E-state index contributed by atoms with van der Waals surface area (Å²) in [5, 5.41) is 10.6. The number of ether oxygens (including phenoxy) is 4. The molecule has 0 rings (SSSR count). The minimum absolute atomic E-state index is 0.104. The summed E-state index contributed by atoms with van der Waals surface area (Å²) in [7, 11) is -9.90. The summed E-state index contributed by atoms with van der Waals surface area (Å²) in [5.41, 5.74) is 0. The molecule has 5 unspecified atom stereocenters. The van der Waals surface area contributed by atoms with Gasteiger partial charge in [-0.3, -0.25) is 37.3 Å². The van der Waals surface area contributed by atoms with Crippen LogP contribution in [0.2, 0.25) is 0 Å². The van der Waals surface area contributed by atoms with Crippen LogP contribution in [0.1, 0.15) is 357 Å². The zero-order valence-electron chi connectivity index (χ0n) is 59.5. The third-order valence-electron chi connectivity index (χ3n) is 17.3. The summed E-state index contributed by atoms with van der Waals surface area (Å²) < 4.78 is 68.3. The lowest BCUT2D eigenvalue weighted by Crippen LogP contribution is -2.30. The van der Waals surface area contributed by atoms with Gasteiger partial charge in [-0.25, -0.2) is 9.13 Å². The fraction of sp³-hybridized carbons (Fsp3) is 0.944. The fourth-order valence-electron chi connectivity index (χ4n) is 10.8. The normalized spacial score (nSPS) is 14.8. The van der Waals surface area contributed by atoms with Crippen LogP contribution in [0.5, 0.6) is 0 Å². The van der Waals surface area contributed by atoms with Crippen molar-refractivity contribution in [3.8, 4) is 0 Å². The van der Waals surface area contributed by atoms with Gasteiger partial charge in [0.15, 0.2) is 12.2 Å². The van der Waals surface area contributed by atoms with Crippen LogP contribution in [0.3, 0.4) is 0 Å². The molecule has 0 bridgehead atoms. The van der Waals surface area contributed by atoms with Gasteiger partial charge < -0.3 is 33.8 Å². The van der Waals surface area contributed by atoms with E-state index in [4.69, 9.17) is 37.0 Å². The first-order valence-electron chi connectivity index (χ1n) is 37.3. The highest BCUT2D eigenvalue weighted by Gasteiger charge is 2.30. The van der Waals surface area contributed by atoms with Crippen molar-refractivity contribution in [3.05, 3.63) is 0 Å². The predicted molar refractivity (Wildman–Crippen MR) is 367 cm³/mol. The van der Waals surface area contributed by atoms with Crippen molar-refractivity contribution in [2.45, 2.75) is 375 Å². The SMILES string of the molecule is CCC(C)CCCCCCCCCCCCCCCCC(=O)OC[C@H](COP(=O)(O)OCC(O)COP(=O)(O)OC[C@@H](COC(=O)CCCCCCCCCC(C)C)OC(=O)CCCCCCCCCCC(C)CC)OC(=O)CCCCCCCCCCC(C)C. The molecule has 0 aromatic rings. The maximum Gasteiger partial charge on any atom is 0.472 e. The Morgan fingerprint density at radius 3 is 0.780 bits per heavy atom. The van der Waals surface area contributed by atoms with E-state index in [-0.39, 0.29) is 25.7 Å². The number of aliphatic hydroxyl groups excluding tert-OH is 1. The van der Waals surface area contributed by atoms with Crippen molar-refractivity contribution in [3.63, 3.8) is 0 Å². The molecule has 0 amide bonds. The van der Waals surface area contributed by atoms with Gasteiger partial charge in [0.1, 0.15) is 19.3 Å². The molecular weight excluding hydrogens is 1200 g/mol. The molecule has 7 atom stereocenters. The van der Waals surface area contributed by atoms with Gasteiger partial charge in [0, 0.05) is 25.7 Å². The van der Waals surface area contributed by atoms with Gasteiger partial charge in [-0.2, -0.15) is 0 Å². The van der Waals surface area contributed by atoms with Crippen LogP contribution in [0.25, 0.3) is 0 Å². The number of carbonyl (C=O) groups excluding carboxylic acids is 4. The summed E-state index contributed by atoms with van der Waals surface area (Å²) in [6.07, 6.45) is 44.5. The number of phosphoric ester groups is 2.